The first-order chi connectivity index (χ1) is 11.0. The minimum atomic E-state index is -4.48. The Morgan fingerprint density at radius 3 is 2.30 bits per heavy atom. The first-order valence-electron chi connectivity index (χ1n) is 6.76. The molecule has 0 aliphatic rings. The summed E-state index contributed by atoms with van der Waals surface area (Å²) >= 11 is 0. The number of hydrogen-bond acceptors (Lipinski definition) is 3. The first-order valence-corrected chi connectivity index (χ1v) is 6.76. The van der Waals surface area contributed by atoms with Crippen LogP contribution in [-0.4, -0.2) is 12.1 Å². The zero-order valence-electron chi connectivity index (χ0n) is 12.1. The number of aromatic nitrogens is 1. The van der Waals surface area contributed by atoms with Crippen molar-refractivity contribution in [3.8, 4) is 28.5 Å². The lowest BCUT2D eigenvalue weighted by molar-refractivity contribution is -0.137. The number of oxazole rings is 1. The number of methoxy groups -OCH3 is 1. The van der Waals surface area contributed by atoms with Gasteiger partial charge >= 0.3 is 6.18 Å². The predicted molar refractivity (Wildman–Crippen MR) is 78.9 cm³/mol. The molecule has 3 rings (SSSR count). The molecule has 0 spiro atoms. The molecule has 0 atom stereocenters. The smallest absolute Gasteiger partial charge is 0.417 e. The summed E-state index contributed by atoms with van der Waals surface area (Å²) in [6.07, 6.45) is -3.09. The first kappa shape index (κ1) is 15.1. The molecular formula is C17H12F3NO2. The number of benzene rings is 2. The highest BCUT2D eigenvalue weighted by atomic mass is 19.4. The molecular weight excluding hydrogens is 307 g/mol. The molecule has 1 heterocycles. The van der Waals surface area contributed by atoms with Gasteiger partial charge in [0.15, 0.2) is 5.76 Å². The van der Waals surface area contributed by atoms with E-state index < -0.39 is 11.7 Å². The second-order valence-electron chi connectivity index (χ2n) is 4.77. The van der Waals surface area contributed by atoms with E-state index in [-0.39, 0.29) is 11.5 Å². The maximum absolute atomic E-state index is 13.1. The van der Waals surface area contributed by atoms with E-state index in [9.17, 15) is 13.2 Å². The summed E-state index contributed by atoms with van der Waals surface area (Å²) in [4.78, 5) is 3.99. The quantitative estimate of drug-likeness (QED) is 0.678. The average Bonchev–Trinajstić information content (AvgIpc) is 3.03. The fraction of sp³-hybridized carbons (Fsp3) is 0.118. The molecule has 2 aromatic carbocycles. The summed E-state index contributed by atoms with van der Waals surface area (Å²) in [6, 6.07) is 12.2. The van der Waals surface area contributed by atoms with Crippen LogP contribution < -0.4 is 4.74 Å². The minimum Gasteiger partial charge on any atom is -0.496 e. The Balaban J connectivity index is 2.07. The van der Waals surface area contributed by atoms with Gasteiger partial charge < -0.3 is 9.15 Å². The summed E-state index contributed by atoms with van der Waals surface area (Å²) in [5.41, 5.74) is -0.257. The Labute approximate surface area is 130 Å². The van der Waals surface area contributed by atoms with Gasteiger partial charge in [-0.1, -0.05) is 24.3 Å². The Morgan fingerprint density at radius 1 is 0.957 bits per heavy atom. The van der Waals surface area contributed by atoms with Crippen LogP contribution in [0.15, 0.2) is 59.1 Å². The van der Waals surface area contributed by atoms with Gasteiger partial charge in [-0.25, -0.2) is 4.98 Å². The van der Waals surface area contributed by atoms with Crippen LogP contribution in [-0.2, 0) is 6.18 Å². The molecule has 3 nitrogen and oxygen atoms in total. The molecule has 0 aliphatic carbocycles. The Kier molecular flexibility index (Phi) is 3.82. The molecule has 23 heavy (non-hydrogen) atoms. The molecule has 0 radical (unpaired) electrons. The largest absolute Gasteiger partial charge is 0.496 e. The van der Waals surface area contributed by atoms with Crippen LogP contribution in [0.1, 0.15) is 5.56 Å². The highest BCUT2D eigenvalue weighted by molar-refractivity contribution is 5.68. The zero-order chi connectivity index (χ0) is 16.4. The van der Waals surface area contributed by atoms with Crippen molar-refractivity contribution in [1.29, 1.82) is 0 Å². The molecule has 0 aliphatic heterocycles. The summed E-state index contributed by atoms with van der Waals surface area (Å²) in [5, 5.41) is 0. The lowest BCUT2D eigenvalue weighted by Crippen LogP contribution is -2.06. The Hall–Kier alpha value is -2.76. The molecule has 0 saturated carbocycles. The third kappa shape index (κ3) is 2.92. The molecule has 0 unspecified atom stereocenters. The maximum Gasteiger partial charge on any atom is 0.417 e. The topological polar surface area (TPSA) is 35.3 Å². The maximum atomic E-state index is 13.1. The van der Waals surface area contributed by atoms with E-state index in [0.717, 1.165) is 6.07 Å². The molecule has 1 aromatic heterocycles. The van der Waals surface area contributed by atoms with E-state index in [2.05, 4.69) is 4.98 Å². The fourth-order valence-electron chi connectivity index (χ4n) is 2.29. The van der Waals surface area contributed by atoms with Gasteiger partial charge in [-0.15, -0.1) is 0 Å². The van der Waals surface area contributed by atoms with Crippen LogP contribution in [0.2, 0.25) is 0 Å². The normalized spacial score (nSPS) is 11.5. The number of para-hydroxylation sites is 1. The fourth-order valence-corrected chi connectivity index (χ4v) is 2.29. The van der Waals surface area contributed by atoms with E-state index in [1.54, 1.807) is 24.3 Å². The molecule has 6 heteroatoms. The van der Waals surface area contributed by atoms with Crippen LogP contribution in [0.4, 0.5) is 13.2 Å². The lowest BCUT2D eigenvalue weighted by Gasteiger charge is -2.10. The lowest BCUT2D eigenvalue weighted by atomic mass is 10.1. The highest BCUT2D eigenvalue weighted by Crippen LogP contribution is 2.38. The number of halogens is 3. The van der Waals surface area contributed by atoms with E-state index in [0.29, 0.717) is 17.1 Å². The number of alkyl halides is 3. The molecule has 0 amide bonds. The third-order valence-corrected chi connectivity index (χ3v) is 3.34. The van der Waals surface area contributed by atoms with Gasteiger partial charge in [0.05, 0.1) is 24.4 Å². The van der Waals surface area contributed by atoms with Gasteiger partial charge in [0.25, 0.3) is 0 Å². The Morgan fingerprint density at radius 2 is 1.61 bits per heavy atom. The SMILES string of the molecule is COc1ccccc1-c1cnc(-c2ccccc2C(F)(F)F)o1. The van der Waals surface area contributed by atoms with E-state index in [1.165, 1.54) is 31.5 Å². The molecule has 3 aromatic rings. The van der Waals surface area contributed by atoms with Crippen molar-refractivity contribution < 1.29 is 22.3 Å². The number of rotatable bonds is 3. The molecule has 118 valence electrons. The predicted octanol–water partition coefficient (Wildman–Crippen LogP) is 5.04. The van der Waals surface area contributed by atoms with Crippen molar-refractivity contribution >= 4 is 0 Å². The number of nitrogens with zero attached hydrogens (tertiary/aromatic N) is 1. The molecule has 0 bridgehead atoms. The average molecular weight is 319 g/mol. The van der Waals surface area contributed by atoms with E-state index in [4.69, 9.17) is 9.15 Å². The van der Waals surface area contributed by atoms with Gasteiger partial charge in [-0.05, 0) is 24.3 Å². The van der Waals surface area contributed by atoms with Crippen LogP contribution in [0, 0.1) is 0 Å². The van der Waals surface area contributed by atoms with Gasteiger partial charge in [0, 0.05) is 5.56 Å². The number of hydrogen-bond donors (Lipinski definition) is 0. The second-order valence-corrected chi connectivity index (χ2v) is 4.77. The van der Waals surface area contributed by atoms with Crippen molar-refractivity contribution in [2.75, 3.05) is 7.11 Å². The molecule has 0 fully saturated rings. The highest BCUT2D eigenvalue weighted by Gasteiger charge is 2.34. The van der Waals surface area contributed by atoms with Crippen molar-refractivity contribution in [2.45, 2.75) is 6.18 Å². The summed E-state index contributed by atoms with van der Waals surface area (Å²) in [7, 11) is 1.51. The zero-order valence-corrected chi connectivity index (χ0v) is 12.1. The standard InChI is InChI=1S/C17H12F3NO2/c1-22-14-9-5-3-7-12(14)15-10-21-16(23-15)11-6-2-4-8-13(11)17(18,19)20/h2-10H,1H3. The van der Waals surface area contributed by atoms with Gasteiger partial charge in [0.1, 0.15) is 5.75 Å². The second kappa shape index (κ2) is 5.79. The van der Waals surface area contributed by atoms with Gasteiger partial charge in [-0.2, -0.15) is 13.2 Å². The summed E-state index contributed by atoms with van der Waals surface area (Å²) < 4.78 is 50.0. The third-order valence-electron chi connectivity index (χ3n) is 3.34. The summed E-state index contributed by atoms with van der Waals surface area (Å²) in [6.45, 7) is 0. The van der Waals surface area contributed by atoms with Crippen LogP contribution >= 0.6 is 0 Å². The van der Waals surface area contributed by atoms with Crippen LogP contribution in [0.25, 0.3) is 22.8 Å². The number of ether oxygens (including phenoxy) is 1. The van der Waals surface area contributed by atoms with Crippen molar-refractivity contribution in [3.05, 3.63) is 60.3 Å². The van der Waals surface area contributed by atoms with Crippen molar-refractivity contribution in [3.63, 3.8) is 0 Å². The van der Waals surface area contributed by atoms with Crippen molar-refractivity contribution in [2.24, 2.45) is 0 Å². The minimum absolute atomic E-state index is 0.0844. The summed E-state index contributed by atoms with van der Waals surface area (Å²) in [5.74, 6) is 0.813. The van der Waals surface area contributed by atoms with E-state index >= 15 is 0 Å². The van der Waals surface area contributed by atoms with Gasteiger partial charge in [0.2, 0.25) is 5.89 Å². The molecule has 0 saturated heterocycles. The van der Waals surface area contributed by atoms with E-state index in [1.807, 2.05) is 0 Å². The Bertz CT molecular complexity index is 824. The molecule has 0 N–H and O–H groups in total. The van der Waals surface area contributed by atoms with Gasteiger partial charge in [-0.3, -0.25) is 0 Å². The van der Waals surface area contributed by atoms with Crippen molar-refractivity contribution in [1.82, 2.24) is 4.98 Å². The van der Waals surface area contributed by atoms with Crippen LogP contribution in [0.5, 0.6) is 5.75 Å². The van der Waals surface area contributed by atoms with Crippen LogP contribution in [0.3, 0.4) is 0 Å². The monoisotopic (exact) mass is 319 g/mol.